The van der Waals surface area contributed by atoms with Crippen LogP contribution in [0.4, 0.5) is 15.8 Å². The first-order valence-electron chi connectivity index (χ1n) is 9.99. The van der Waals surface area contributed by atoms with Crippen molar-refractivity contribution in [1.82, 2.24) is 9.55 Å². The maximum atomic E-state index is 14.8. The summed E-state index contributed by atoms with van der Waals surface area (Å²) in [4.78, 5) is 20.0. The molecule has 1 saturated heterocycles. The third kappa shape index (κ3) is 4.17. The molecule has 1 aliphatic heterocycles. The van der Waals surface area contributed by atoms with Crippen LogP contribution in [-0.4, -0.2) is 43.0 Å². The van der Waals surface area contributed by atoms with Crippen molar-refractivity contribution in [3.05, 3.63) is 64.5 Å². The molecule has 0 bridgehead atoms. The maximum Gasteiger partial charge on any atom is 0.263 e. The van der Waals surface area contributed by atoms with E-state index in [1.165, 1.54) is 30.0 Å². The van der Waals surface area contributed by atoms with Crippen molar-refractivity contribution in [2.45, 2.75) is 4.05 Å². The highest BCUT2D eigenvalue weighted by atomic mass is 127. The lowest BCUT2D eigenvalue weighted by atomic mass is 10.1. The number of anilines is 2. The zero-order chi connectivity index (χ0) is 22.8. The number of hydrogen-bond acceptors (Lipinski definition) is 7. The molecule has 0 amide bonds. The molecule has 3 aromatic rings. The van der Waals surface area contributed by atoms with Crippen LogP contribution in [0.15, 0.2) is 47.5 Å². The van der Waals surface area contributed by atoms with Crippen LogP contribution in [0.5, 0.6) is 5.75 Å². The van der Waals surface area contributed by atoms with E-state index in [-0.39, 0.29) is 22.7 Å². The smallest absolute Gasteiger partial charge is 0.263 e. The minimum Gasteiger partial charge on any atom is -0.494 e. The van der Waals surface area contributed by atoms with Crippen LogP contribution >= 0.6 is 22.6 Å². The second-order valence-corrected chi connectivity index (χ2v) is 8.58. The third-order valence-electron chi connectivity index (χ3n) is 5.37. The molecule has 1 aromatic carbocycles. The fraction of sp³-hybridized carbons (Fsp3) is 0.273. The molecule has 8 nitrogen and oxygen atoms in total. The predicted molar refractivity (Wildman–Crippen MR) is 130 cm³/mol. The molecule has 0 spiro atoms. The van der Waals surface area contributed by atoms with Gasteiger partial charge in [0.1, 0.15) is 11.4 Å². The second-order valence-electron chi connectivity index (χ2n) is 7.24. The number of halogens is 2. The molecular weight excluding hydrogens is 528 g/mol. The number of morpholine rings is 1. The van der Waals surface area contributed by atoms with Gasteiger partial charge in [-0.15, -0.1) is 0 Å². The van der Waals surface area contributed by atoms with E-state index in [1.807, 2.05) is 34.7 Å². The van der Waals surface area contributed by atoms with E-state index in [9.17, 15) is 9.18 Å². The molecule has 1 aliphatic rings. The molecule has 32 heavy (non-hydrogen) atoms. The number of nitrogen functional groups attached to an aromatic ring is 1. The number of para-hydroxylation sites is 1. The van der Waals surface area contributed by atoms with Crippen LogP contribution < -0.4 is 26.7 Å². The summed E-state index contributed by atoms with van der Waals surface area (Å²) >= 11 is 1.91. The number of hydrogen-bond donors (Lipinski definition) is 2. The molecule has 2 aromatic heterocycles. The number of methoxy groups -OCH3 is 1. The number of ether oxygens (including phenoxy) is 2. The predicted octanol–water partition coefficient (Wildman–Crippen LogP) is 2.86. The van der Waals surface area contributed by atoms with E-state index in [0.717, 1.165) is 18.8 Å². The summed E-state index contributed by atoms with van der Waals surface area (Å²) in [6.07, 6.45) is 3.24. The number of aromatic nitrogens is 2. The quantitative estimate of drug-likeness (QED) is 0.285. The van der Waals surface area contributed by atoms with Crippen LogP contribution in [-0.2, 0) is 4.74 Å². The van der Waals surface area contributed by atoms with Gasteiger partial charge in [-0.25, -0.2) is 4.39 Å². The van der Waals surface area contributed by atoms with Crippen molar-refractivity contribution >= 4 is 34.0 Å². The van der Waals surface area contributed by atoms with Crippen molar-refractivity contribution in [2.75, 3.05) is 44.0 Å². The molecular formula is C22H23FIN5O3. The summed E-state index contributed by atoms with van der Waals surface area (Å²) in [7, 11) is 1.42. The van der Waals surface area contributed by atoms with Gasteiger partial charge in [0.2, 0.25) is 0 Å². The highest BCUT2D eigenvalue weighted by molar-refractivity contribution is 14.1. The topological polar surface area (TPSA) is 109 Å². The summed E-state index contributed by atoms with van der Waals surface area (Å²) in [6.45, 7) is 2.91. The molecule has 10 heteroatoms. The Morgan fingerprint density at radius 3 is 2.62 bits per heavy atom. The molecule has 1 fully saturated rings. The van der Waals surface area contributed by atoms with Gasteiger partial charge in [-0.05, 0) is 24.3 Å². The fourth-order valence-electron chi connectivity index (χ4n) is 3.73. The number of rotatable bonds is 5. The Kier molecular flexibility index (Phi) is 6.63. The van der Waals surface area contributed by atoms with Gasteiger partial charge in [-0.2, -0.15) is 0 Å². The molecule has 1 atom stereocenters. The number of nitrogens with zero attached hydrogens (tertiary/aromatic N) is 3. The van der Waals surface area contributed by atoms with E-state index in [2.05, 4.69) is 9.88 Å². The van der Waals surface area contributed by atoms with Crippen molar-refractivity contribution in [3.8, 4) is 22.7 Å². The monoisotopic (exact) mass is 551 g/mol. The number of nitrogens with two attached hydrogens (primary N) is 2. The number of benzene rings is 1. The Bertz CT molecular complexity index is 1180. The molecule has 4 N–H and O–H groups in total. The summed E-state index contributed by atoms with van der Waals surface area (Å²) in [5.74, 6) is -0.391. The van der Waals surface area contributed by atoms with Gasteiger partial charge >= 0.3 is 0 Å². The first kappa shape index (κ1) is 22.5. The number of pyridine rings is 2. The normalized spacial score (nSPS) is 14.9. The van der Waals surface area contributed by atoms with Gasteiger partial charge in [-0.3, -0.25) is 14.3 Å². The van der Waals surface area contributed by atoms with Gasteiger partial charge in [-0.1, -0.05) is 28.7 Å². The minimum absolute atomic E-state index is 0.00973. The zero-order valence-electron chi connectivity index (χ0n) is 17.4. The highest BCUT2D eigenvalue weighted by Crippen LogP contribution is 2.33. The molecule has 3 heterocycles. The Balaban J connectivity index is 1.87. The van der Waals surface area contributed by atoms with Crippen LogP contribution in [0.25, 0.3) is 16.9 Å². The summed E-state index contributed by atoms with van der Waals surface area (Å²) in [5, 5.41) is 0. The molecule has 0 radical (unpaired) electrons. The first-order chi connectivity index (χ1) is 15.4. The average molecular weight is 551 g/mol. The van der Waals surface area contributed by atoms with Crippen molar-refractivity contribution < 1.29 is 13.9 Å². The SMILES string of the molecule is COc1cccc(F)c1-n1cc(-c2ccc(N3CCOCC3)cn2)c(N)c(C(N)I)c1=O. The van der Waals surface area contributed by atoms with Crippen molar-refractivity contribution in [3.63, 3.8) is 0 Å². The van der Waals surface area contributed by atoms with Gasteiger partial charge in [0.15, 0.2) is 5.82 Å². The van der Waals surface area contributed by atoms with Gasteiger partial charge in [0.25, 0.3) is 5.56 Å². The largest absolute Gasteiger partial charge is 0.494 e. The maximum absolute atomic E-state index is 14.8. The van der Waals surface area contributed by atoms with E-state index in [0.29, 0.717) is 24.5 Å². The van der Waals surface area contributed by atoms with Crippen LogP contribution in [0.1, 0.15) is 9.61 Å². The molecule has 1 unspecified atom stereocenters. The van der Waals surface area contributed by atoms with E-state index in [1.54, 1.807) is 12.3 Å². The summed E-state index contributed by atoms with van der Waals surface area (Å²) < 4.78 is 26.0. The first-order valence-corrected chi connectivity index (χ1v) is 11.2. The standard InChI is InChI=1S/C22H23FIN5O3/c1-31-17-4-2-3-15(23)20(17)29-12-14(19(25)18(21(24)26)22(29)30)16-6-5-13(11-27-16)28-7-9-32-10-8-28/h2-6,11-12,21H,7-10,25-26H2,1H3. The molecule has 0 saturated carbocycles. The van der Waals surface area contributed by atoms with Gasteiger partial charge in [0.05, 0.1) is 53.2 Å². The van der Waals surface area contributed by atoms with Crippen molar-refractivity contribution in [1.29, 1.82) is 0 Å². The lowest BCUT2D eigenvalue weighted by Gasteiger charge is -2.28. The van der Waals surface area contributed by atoms with E-state index < -0.39 is 15.4 Å². The lowest BCUT2D eigenvalue weighted by Crippen LogP contribution is -2.36. The average Bonchev–Trinajstić information content (AvgIpc) is 2.80. The van der Waals surface area contributed by atoms with Gasteiger partial charge < -0.3 is 25.8 Å². The van der Waals surface area contributed by atoms with Crippen LogP contribution in [0.2, 0.25) is 0 Å². The number of alkyl halides is 1. The van der Waals surface area contributed by atoms with E-state index in [4.69, 9.17) is 20.9 Å². The van der Waals surface area contributed by atoms with E-state index >= 15 is 0 Å². The van der Waals surface area contributed by atoms with Crippen LogP contribution in [0.3, 0.4) is 0 Å². The zero-order valence-corrected chi connectivity index (χ0v) is 19.6. The Hall–Kier alpha value is -2.70. The molecule has 0 aliphatic carbocycles. The molecule has 4 rings (SSSR count). The highest BCUT2D eigenvalue weighted by Gasteiger charge is 2.23. The Labute approximate surface area is 198 Å². The lowest BCUT2D eigenvalue weighted by molar-refractivity contribution is 0.122. The Morgan fingerprint density at radius 1 is 1.25 bits per heavy atom. The van der Waals surface area contributed by atoms with Crippen molar-refractivity contribution in [2.24, 2.45) is 5.73 Å². The van der Waals surface area contributed by atoms with Crippen LogP contribution in [0, 0.1) is 5.82 Å². The summed E-state index contributed by atoms with van der Waals surface area (Å²) in [5.41, 5.74) is 14.3. The summed E-state index contributed by atoms with van der Waals surface area (Å²) in [6, 6.07) is 8.12. The second kappa shape index (κ2) is 9.43. The minimum atomic E-state index is -0.698. The fourth-order valence-corrected chi connectivity index (χ4v) is 4.33. The van der Waals surface area contributed by atoms with Gasteiger partial charge in [0, 0.05) is 24.8 Å². The third-order valence-corrected chi connectivity index (χ3v) is 6.00. The Morgan fingerprint density at radius 2 is 2.00 bits per heavy atom. The molecule has 168 valence electrons.